The third-order valence-electron chi connectivity index (χ3n) is 2.40. The van der Waals surface area contributed by atoms with E-state index in [9.17, 15) is 18.0 Å². The lowest BCUT2D eigenvalue weighted by molar-refractivity contribution is -0.0885. The number of carbonyl (C=O) groups excluding carboxylic acids is 1. The van der Waals surface area contributed by atoms with Gasteiger partial charge in [-0.25, -0.2) is 0 Å². The summed E-state index contributed by atoms with van der Waals surface area (Å²) >= 11 is 0. The van der Waals surface area contributed by atoms with Crippen LogP contribution in [0.5, 0.6) is 0 Å². The molecule has 0 aromatic carbocycles. The van der Waals surface area contributed by atoms with Gasteiger partial charge in [0.1, 0.15) is 0 Å². The minimum Gasteiger partial charge on any atom is -0.379 e. The zero-order valence-corrected chi connectivity index (χ0v) is 8.20. The van der Waals surface area contributed by atoms with Crippen LogP contribution in [0.15, 0.2) is 12.4 Å². The molecule has 1 aliphatic heterocycles. The number of ketones is 1. The fourth-order valence-electron chi connectivity index (χ4n) is 1.55. The molecule has 1 saturated heterocycles. The molecule has 4 nitrogen and oxygen atoms in total. The topological polar surface area (TPSA) is 44.1 Å². The number of halogens is 3. The molecule has 88 valence electrons. The van der Waals surface area contributed by atoms with Gasteiger partial charge < -0.3 is 4.74 Å². The molecule has 0 saturated carbocycles. The Morgan fingerprint density at radius 2 is 2.31 bits per heavy atom. The lowest BCUT2D eigenvalue weighted by Gasteiger charge is -2.06. The van der Waals surface area contributed by atoms with Gasteiger partial charge >= 0.3 is 6.18 Å². The quantitative estimate of drug-likeness (QED) is 0.730. The molecule has 1 aliphatic rings. The van der Waals surface area contributed by atoms with Crippen LogP contribution >= 0.6 is 0 Å². The van der Waals surface area contributed by atoms with Crippen LogP contribution in [0.2, 0.25) is 0 Å². The van der Waals surface area contributed by atoms with Gasteiger partial charge in [0, 0.05) is 12.8 Å². The Hall–Kier alpha value is -1.37. The van der Waals surface area contributed by atoms with E-state index in [0.717, 1.165) is 12.4 Å². The van der Waals surface area contributed by atoms with Crippen molar-refractivity contribution in [1.82, 2.24) is 9.78 Å². The van der Waals surface area contributed by atoms with Crippen LogP contribution in [0.1, 0.15) is 22.8 Å². The van der Waals surface area contributed by atoms with Crippen molar-refractivity contribution in [2.24, 2.45) is 0 Å². The molecular formula is C9H9F3N2O2. The van der Waals surface area contributed by atoms with E-state index in [4.69, 9.17) is 4.74 Å². The molecule has 0 aliphatic carbocycles. The molecule has 16 heavy (non-hydrogen) atoms. The molecule has 2 heterocycles. The molecule has 0 bridgehead atoms. The summed E-state index contributed by atoms with van der Waals surface area (Å²) in [5.41, 5.74) is -0.431. The van der Waals surface area contributed by atoms with Crippen LogP contribution in [0.3, 0.4) is 0 Å². The molecule has 2 rings (SSSR count). The highest BCUT2D eigenvalue weighted by Crippen LogP contribution is 2.23. The maximum atomic E-state index is 12.1. The first kappa shape index (κ1) is 11.1. The van der Waals surface area contributed by atoms with E-state index in [0.29, 0.717) is 19.6 Å². The Kier molecular flexibility index (Phi) is 2.71. The number of aromatic nitrogens is 2. The van der Waals surface area contributed by atoms with E-state index in [1.54, 1.807) is 0 Å². The van der Waals surface area contributed by atoms with E-state index in [-0.39, 0.29) is 6.04 Å². The number of alkyl halides is 3. The Morgan fingerprint density at radius 1 is 1.56 bits per heavy atom. The van der Waals surface area contributed by atoms with Crippen LogP contribution in [0.4, 0.5) is 13.2 Å². The van der Waals surface area contributed by atoms with E-state index in [2.05, 4.69) is 5.10 Å². The molecule has 0 unspecified atom stereocenters. The smallest absolute Gasteiger partial charge is 0.379 e. The Labute approximate surface area is 89.0 Å². The van der Waals surface area contributed by atoms with E-state index < -0.39 is 17.5 Å². The second-order valence-electron chi connectivity index (χ2n) is 3.55. The summed E-state index contributed by atoms with van der Waals surface area (Å²) in [6, 6.07) is -0.0743. The average Bonchev–Trinajstić information content (AvgIpc) is 2.85. The number of Topliss-reactive ketones (excluding diaryl/α,β-unsaturated/α-hetero) is 1. The lowest BCUT2D eigenvalue weighted by atomic mass is 10.2. The summed E-state index contributed by atoms with van der Waals surface area (Å²) in [5, 5.41) is 3.75. The zero-order chi connectivity index (χ0) is 11.8. The predicted octanol–water partition coefficient (Wildman–Crippen LogP) is 1.59. The zero-order valence-electron chi connectivity index (χ0n) is 8.20. The van der Waals surface area contributed by atoms with Crippen LogP contribution in [-0.2, 0) is 4.74 Å². The molecule has 7 heteroatoms. The second-order valence-corrected chi connectivity index (χ2v) is 3.55. The summed E-state index contributed by atoms with van der Waals surface area (Å²) < 4.78 is 42.8. The van der Waals surface area contributed by atoms with Gasteiger partial charge in [0.15, 0.2) is 0 Å². The fraction of sp³-hybridized carbons (Fsp3) is 0.556. The van der Waals surface area contributed by atoms with Crippen molar-refractivity contribution in [3.63, 3.8) is 0 Å². The molecule has 1 aromatic heterocycles. The van der Waals surface area contributed by atoms with Gasteiger partial charge in [-0.2, -0.15) is 18.3 Å². The summed E-state index contributed by atoms with van der Waals surface area (Å²) in [6.07, 6.45) is -2.09. The molecule has 0 amide bonds. The number of hydrogen-bond acceptors (Lipinski definition) is 3. The van der Waals surface area contributed by atoms with Crippen molar-refractivity contribution < 1.29 is 22.7 Å². The molecule has 1 atom stereocenters. The number of nitrogens with zero attached hydrogens (tertiary/aromatic N) is 2. The SMILES string of the molecule is O=C(c1cnn([C@H]2CCOC2)c1)C(F)(F)F. The predicted molar refractivity (Wildman–Crippen MR) is 47.1 cm³/mol. The number of hydrogen-bond donors (Lipinski definition) is 0. The van der Waals surface area contributed by atoms with Gasteiger partial charge in [0.25, 0.3) is 5.78 Å². The van der Waals surface area contributed by atoms with Gasteiger partial charge in [0.05, 0.1) is 24.4 Å². The third kappa shape index (κ3) is 2.08. The van der Waals surface area contributed by atoms with Crippen molar-refractivity contribution in [1.29, 1.82) is 0 Å². The Balaban J connectivity index is 2.16. The largest absolute Gasteiger partial charge is 0.454 e. The van der Waals surface area contributed by atoms with Crippen molar-refractivity contribution in [3.05, 3.63) is 18.0 Å². The second kappa shape index (κ2) is 3.89. The molecule has 0 spiro atoms. The fourth-order valence-corrected chi connectivity index (χ4v) is 1.55. The van der Waals surface area contributed by atoms with Gasteiger partial charge in [-0.3, -0.25) is 9.48 Å². The minimum atomic E-state index is -4.85. The third-order valence-corrected chi connectivity index (χ3v) is 2.40. The first-order valence-electron chi connectivity index (χ1n) is 4.72. The number of ether oxygens (including phenoxy) is 1. The summed E-state index contributed by atoms with van der Waals surface area (Å²) in [5.74, 6) is -1.86. The van der Waals surface area contributed by atoms with Crippen molar-refractivity contribution in [3.8, 4) is 0 Å². The first-order chi connectivity index (χ1) is 7.48. The molecule has 1 fully saturated rings. The van der Waals surface area contributed by atoms with Gasteiger partial charge in [0.2, 0.25) is 0 Å². The van der Waals surface area contributed by atoms with Gasteiger partial charge in [-0.15, -0.1) is 0 Å². The van der Waals surface area contributed by atoms with Crippen LogP contribution in [0.25, 0.3) is 0 Å². The van der Waals surface area contributed by atoms with E-state index in [1.807, 2.05) is 0 Å². The standard InChI is InChI=1S/C9H9F3N2O2/c10-9(11,12)8(15)6-3-13-14(4-6)7-1-2-16-5-7/h3-4,7H,1-2,5H2/t7-/m0/s1. The maximum Gasteiger partial charge on any atom is 0.454 e. The lowest BCUT2D eigenvalue weighted by Crippen LogP contribution is -2.22. The van der Waals surface area contributed by atoms with E-state index >= 15 is 0 Å². The summed E-state index contributed by atoms with van der Waals surface area (Å²) in [7, 11) is 0. The van der Waals surface area contributed by atoms with Gasteiger partial charge in [-0.05, 0) is 6.42 Å². The molecule has 1 aromatic rings. The Bertz CT molecular complexity index is 394. The van der Waals surface area contributed by atoms with Crippen LogP contribution in [0, 0.1) is 0 Å². The summed E-state index contributed by atoms with van der Waals surface area (Å²) in [4.78, 5) is 10.9. The normalized spacial score (nSPS) is 21.3. The van der Waals surface area contributed by atoms with Crippen LogP contribution in [-0.4, -0.2) is 35.0 Å². The number of carbonyl (C=O) groups is 1. The minimum absolute atomic E-state index is 0.0743. The maximum absolute atomic E-state index is 12.1. The first-order valence-corrected chi connectivity index (χ1v) is 4.72. The average molecular weight is 234 g/mol. The van der Waals surface area contributed by atoms with Crippen LogP contribution < -0.4 is 0 Å². The monoisotopic (exact) mass is 234 g/mol. The summed E-state index contributed by atoms with van der Waals surface area (Å²) in [6.45, 7) is 0.981. The highest BCUT2D eigenvalue weighted by molar-refractivity contribution is 5.99. The highest BCUT2D eigenvalue weighted by atomic mass is 19.4. The molecule has 0 N–H and O–H groups in total. The van der Waals surface area contributed by atoms with Gasteiger partial charge in [-0.1, -0.05) is 0 Å². The Morgan fingerprint density at radius 3 is 2.88 bits per heavy atom. The molecule has 0 radical (unpaired) electrons. The highest BCUT2D eigenvalue weighted by Gasteiger charge is 2.40. The van der Waals surface area contributed by atoms with E-state index in [1.165, 1.54) is 4.68 Å². The number of rotatable bonds is 2. The van der Waals surface area contributed by atoms with Crippen molar-refractivity contribution in [2.45, 2.75) is 18.6 Å². The van der Waals surface area contributed by atoms with Crippen molar-refractivity contribution >= 4 is 5.78 Å². The van der Waals surface area contributed by atoms with Crippen molar-refractivity contribution in [2.75, 3.05) is 13.2 Å². The molecular weight excluding hydrogens is 225 g/mol.